The number of ether oxygens (including phenoxy) is 1. The van der Waals surface area contributed by atoms with Crippen LogP contribution in [0.5, 0.6) is 5.75 Å². The molecule has 0 aliphatic heterocycles. The Kier molecular flexibility index (Phi) is 5.75. The first-order valence-corrected chi connectivity index (χ1v) is 8.64. The maximum Gasteiger partial charge on any atom is 0.138 e. The van der Waals surface area contributed by atoms with Crippen molar-refractivity contribution in [3.63, 3.8) is 0 Å². The molecule has 0 N–H and O–H groups in total. The Morgan fingerprint density at radius 2 is 1.76 bits per heavy atom. The molecule has 0 radical (unpaired) electrons. The third kappa shape index (κ3) is 4.85. The van der Waals surface area contributed by atoms with Crippen LogP contribution in [0.15, 0.2) is 71.7 Å². The van der Waals surface area contributed by atoms with Gasteiger partial charge in [-0.15, -0.1) is 0 Å². The quantitative estimate of drug-likeness (QED) is 0.462. The number of halogens is 2. The minimum absolute atomic E-state index is 0.482. The molecule has 0 aliphatic carbocycles. The van der Waals surface area contributed by atoms with Crippen molar-refractivity contribution >= 4 is 35.1 Å². The van der Waals surface area contributed by atoms with Crippen LogP contribution in [0.3, 0.4) is 0 Å². The first-order valence-electron chi connectivity index (χ1n) is 7.88. The van der Waals surface area contributed by atoms with E-state index in [2.05, 4.69) is 4.99 Å². The van der Waals surface area contributed by atoms with Gasteiger partial charge in [0.2, 0.25) is 0 Å². The lowest BCUT2D eigenvalue weighted by molar-refractivity contribution is 0.306. The van der Waals surface area contributed by atoms with Gasteiger partial charge in [0.05, 0.1) is 10.7 Å². The van der Waals surface area contributed by atoms with Crippen LogP contribution in [0.2, 0.25) is 10.0 Å². The highest BCUT2D eigenvalue weighted by Gasteiger charge is 2.03. The van der Waals surface area contributed by atoms with E-state index in [4.69, 9.17) is 27.9 Å². The molecular formula is C21H17Cl2NO. The zero-order chi connectivity index (χ0) is 17.6. The van der Waals surface area contributed by atoms with E-state index in [1.807, 2.05) is 73.7 Å². The third-order valence-corrected chi connectivity index (χ3v) is 4.25. The van der Waals surface area contributed by atoms with Crippen molar-refractivity contribution in [2.75, 3.05) is 0 Å². The monoisotopic (exact) mass is 369 g/mol. The Morgan fingerprint density at radius 1 is 0.960 bits per heavy atom. The van der Waals surface area contributed by atoms with E-state index in [1.54, 1.807) is 6.21 Å². The number of aliphatic imine (C=N–C) groups is 1. The summed E-state index contributed by atoms with van der Waals surface area (Å²) in [5.41, 5.74) is 3.90. The van der Waals surface area contributed by atoms with Crippen LogP contribution in [-0.2, 0) is 6.61 Å². The Labute approximate surface area is 157 Å². The van der Waals surface area contributed by atoms with Crippen molar-refractivity contribution in [1.29, 1.82) is 0 Å². The predicted octanol–water partition coefficient (Wildman–Crippen LogP) is 6.63. The lowest BCUT2D eigenvalue weighted by Gasteiger charge is -2.08. The van der Waals surface area contributed by atoms with Crippen LogP contribution in [-0.4, -0.2) is 6.21 Å². The van der Waals surface area contributed by atoms with Gasteiger partial charge in [-0.05, 0) is 53.9 Å². The van der Waals surface area contributed by atoms with Crippen molar-refractivity contribution in [2.24, 2.45) is 4.99 Å². The number of aryl methyl sites for hydroxylation is 1. The first-order chi connectivity index (χ1) is 12.1. The molecule has 0 saturated heterocycles. The van der Waals surface area contributed by atoms with Crippen LogP contribution in [0.4, 0.5) is 5.69 Å². The fourth-order valence-corrected chi connectivity index (χ4v) is 2.73. The number of nitrogens with zero attached hydrogens (tertiary/aromatic N) is 1. The average molecular weight is 370 g/mol. The fraction of sp³-hybridized carbons (Fsp3) is 0.0952. The summed E-state index contributed by atoms with van der Waals surface area (Å²) in [6, 6.07) is 21.2. The molecule has 25 heavy (non-hydrogen) atoms. The number of benzene rings is 3. The van der Waals surface area contributed by atoms with Gasteiger partial charge in [-0.25, -0.2) is 0 Å². The van der Waals surface area contributed by atoms with E-state index in [0.717, 1.165) is 22.4 Å². The summed E-state index contributed by atoms with van der Waals surface area (Å²) < 4.78 is 5.78. The summed E-state index contributed by atoms with van der Waals surface area (Å²) in [6.45, 7) is 2.48. The molecule has 0 aliphatic rings. The summed E-state index contributed by atoms with van der Waals surface area (Å²) in [5.74, 6) is 0.654. The van der Waals surface area contributed by atoms with Gasteiger partial charge >= 0.3 is 0 Å². The molecule has 3 aromatic rings. The molecule has 0 bridgehead atoms. The second-order valence-electron chi connectivity index (χ2n) is 5.65. The highest BCUT2D eigenvalue weighted by molar-refractivity contribution is 6.32. The molecule has 0 aromatic heterocycles. The first kappa shape index (κ1) is 17.5. The maximum atomic E-state index is 6.33. The molecule has 0 heterocycles. The molecular weight excluding hydrogens is 353 g/mol. The largest absolute Gasteiger partial charge is 0.487 e. The standard InChI is InChI=1S/C21H17Cl2NO/c1-15-7-9-18(22)12-20(15)24-13-17-8-10-21(19(23)11-17)25-14-16-5-3-2-4-6-16/h2-13H,14H2,1H3. The molecule has 126 valence electrons. The minimum atomic E-state index is 0.482. The highest BCUT2D eigenvalue weighted by Crippen LogP contribution is 2.27. The van der Waals surface area contributed by atoms with Crippen LogP contribution in [0, 0.1) is 6.92 Å². The Morgan fingerprint density at radius 3 is 2.52 bits per heavy atom. The molecule has 0 amide bonds. The van der Waals surface area contributed by atoms with E-state index >= 15 is 0 Å². The van der Waals surface area contributed by atoms with E-state index < -0.39 is 0 Å². The van der Waals surface area contributed by atoms with Crippen molar-refractivity contribution in [3.8, 4) is 5.75 Å². The van der Waals surface area contributed by atoms with Gasteiger partial charge in [0.25, 0.3) is 0 Å². The number of rotatable bonds is 5. The van der Waals surface area contributed by atoms with Crippen molar-refractivity contribution < 1.29 is 4.74 Å². The molecule has 0 fully saturated rings. The molecule has 0 spiro atoms. The summed E-state index contributed by atoms with van der Waals surface area (Å²) in [4.78, 5) is 4.49. The Bertz CT molecular complexity index is 892. The van der Waals surface area contributed by atoms with E-state index in [1.165, 1.54) is 0 Å². The van der Waals surface area contributed by atoms with Crippen LogP contribution in [0.25, 0.3) is 0 Å². The molecule has 3 aromatic carbocycles. The topological polar surface area (TPSA) is 21.6 Å². The van der Waals surface area contributed by atoms with Gasteiger partial charge in [-0.1, -0.05) is 59.6 Å². The van der Waals surface area contributed by atoms with Crippen LogP contribution < -0.4 is 4.74 Å². The lowest BCUT2D eigenvalue weighted by Crippen LogP contribution is -1.96. The molecule has 0 unspecified atom stereocenters. The number of hydrogen-bond donors (Lipinski definition) is 0. The smallest absolute Gasteiger partial charge is 0.138 e. The molecule has 4 heteroatoms. The molecule has 0 atom stereocenters. The Hall–Kier alpha value is -2.29. The van der Waals surface area contributed by atoms with E-state index in [-0.39, 0.29) is 0 Å². The van der Waals surface area contributed by atoms with Gasteiger partial charge in [0.15, 0.2) is 0 Å². The summed E-state index contributed by atoms with van der Waals surface area (Å²) >= 11 is 12.3. The van der Waals surface area contributed by atoms with Crippen molar-refractivity contribution in [3.05, 3.63) is 93.5 Å². The number of hydrogen-bond acceptors (Lipinski definition) is 2. The lowest BCUT2D eigenvalue weighted by atomic mass is 10.2. The Balaban J connectivity index is 1.71. The zero-order valence-electron chi connectivity index (χ0n) is 13.7. The van der Waals surface area contributed by atoms with Gasteiger partial charge < -0.3 is 4.74 Å². The van der Waals surface area contributed by atoms with Crippen molar-refractivity contribution in [1.82, 2.24) is 0 Å². The predicted molar refractivity (Wildman–Crippen MR) is 106 cm³/mol. The highest BCUT2D eigenvalue weighted by atomic mass is 35.5. The second kappa shape index (κ2) is 8.19. The zero-order valence-corrected chi connectivity index (χ0v) is 15.3. The fourth-order valence-electron chi connectivity index (χ4n) is 2.32. The van der Waals surface area contributed by atoms with Gasteiger partial charge in [0, 0.05) is 11.2 Å². The summed E-state index contributed by atoms with van der Waals surface area (Å²) in [7, 11) is 0. The average Bonchev–Trinajstić information content (AvgIpc) is 2.62. The van der Waals surface area contributed by atoms with Crippen molar-refractivity contribution in [2.45, 2.75) is 13.5 Å². The van der Waals surface area contributed by atoms with E-state index in [0.29, 0.717) is 22.4 Å². The molecule has 2 nitrogen and oxygen atoms in total. The van der Waals surface area contributed by atoms with Gasteiger partial charge in [-0.2, -0.15) is 0 Å². The van der Waals surface area contributed by atoms with Crippen LogP contribution in [0.1, 0.15) is 16.7 Å². The van der Waals surface area contributed by atoms with Gasteiger partial charge in [-0.3, -0.25) is 4.99 Å². The van der Waals surface area contributed by atoms with Gasteiger partial charge in [0.1, 0.15) is 12.4 Å². The maximum absolute atomic E-state index is 6.33. The SMILES string of the molecule is Cc1ccc(Cl)cc1N=Cc1ccc(OCc2ccccc2)c(Cl)c1. The molecule has 3 rings (SSSR count). The molecule has 0 saturated carbocycles. The summed E-state index contributed by atoms with van der Waals surface area (Å²) in [5, 5.41) is 1.23. The minimum Gasteiger partial charge on any atom is -0.487 e. The summed E-state index contributed by atoms with van der Waals surface area (Å²) in [6.07, 6.45) is 1.77. The second-order valence-corrected chi connectivity index (χ2v) is 6.50. The van der Waals surface area contributed by atoms with E-state index in [9.17, 15) is 0 Å². The normalized spacial score (nSPS) is 11.0. The third-order valence-electron chi connectivity index (χ3n) is 3.72. The van der Waals surface area contributed by atoms with Crippen LogP contribution >= 0.6 is 23.2 Å².